The number of fused-ring (bicyclic) bond motifs is 1. The van der Waals surface area contributed by atoms with Crippen molar-refractivity contribution in [3.05, 3.63) is 48.2 Å². The van der Waals surface area contributed by atoms with Crippen LogP contribution in [0.1, 0.15) is 12.0 Å². The minimum absolute atomic E-state index is 0.0997. The number of aromatic amines is 1. The van der Waals surface area contributed by atoms with Gasteiger partial charge in [-0.3, -0.25) is 9.59 Å². The van der Waals surface area contributed by atoms with Crippen LogP contribution in [0.25, 0.3) is 10.9 Å². The molecule has 0 unspecified atom stereocenters. The molecule has 1 saturated heterocycles. The van der Waals surface area contributed by atoms with Gasteiger partial charge in [0.2, 0.25) is 11.8 Å². The number of hydrogen-bond acceptors (Lipinski definition) is 5. The summed E-state index contributed by atoms with van der Waals surface area (Å²) in [5.41, 5.74) is 2.77. The van der Waals surface area contributed by atoms with E-state index >= 15 is 0 Å². The Morgan fingerprint density at radius 1 is 1.09 bits per heavy atom. The molecule has 2 N–H and O–H groups in total. The zero-order valence-electron chi connectivity index (χ0n) is 18.4. The van der Waals surface area contributed by atoms with E-state index in [0.717, 1.165) is 22.2 Å². The number of anilines is 1. The molecule has 8 heteroatoms. The van der Waals surface area contributed by atoms with Crippen molar-refractivity contribution in [3.8, 4) is 17.2 Å². The van der Waals surface area contributed by atoms with Crippen molar-refractivity contribution >= 4 is 28.4 Å². The maximum Gasteiger partial charge on any atom is 0.227 e. The first-order chi connectivity index (χ1) is 15.5. The molecular formula is C24H27N3O5. The quantitative estimate of drug-likeness (QED) is 0.565. The van der Waals surface area contributed by atoms with Gasteiger partial charge in [-0.1, -0.05) is 0 Å². The largest absolute Gasteiger partial charge is 0.497 e. The van der Waals surface area contributed by atoms with Crippen LogP contribution < -0.4 is 24.4 Å². The summed E-state index contributed by atoms with van der Waals surface area (Å²) in [6, 6.07) is 11.1. The number of rotatable bonds is 8. The van der Waals surface area contributed by atoms with Crippen LogP contribution in [-0.2, 0) is 16.0 Å². The lowest BCUT2D eigenvalue weighted by molar-refractivity contribution is -0.126. The number of carbonyl (C=O) groups excluding carboxylic acids is 2. The lowest BCUT2D eigenvalue weighted by Gasteiger charge is -2.20. The Bertz CT molecular complexity index is 1140. The third kappa shape index (κ3) is 4.21. The van der Waals surface area contributed by atoms with Crippen molar-refractivity contribution in [2.75, 3.05) is 39.3 Å². The molecule has 2 heterocycles. The Morgan fingerprint density at radius 2 is 1.84 bits per heavy atom. The van der Waals surface area contributed by atoms with Gasteiger partial charge in [-0.2, -0.15) is 0 Å². The Labute approximate surface area is 186 Å². The van der Waals surface area contributed by atoms with Gasteiger partial charge in [0.05, 0.1) is 32.9 Å². The number of H-pyrrole nitrogens is 1. The number of nitrogens with zero attached hydrogens (tertiary/aromatic N) is 1. The van der Waals surface area contributed by atoms with Crippen molar-refractivity contribution in [1.29, 1.82) is 0 Å². The second-order valence-electron chi connectivity index (χ2n) is 7.71. The van der Waals surface area contributed by atoms with Gasteiger partial charge in [0.1, 0.15) is 17.2 Å². The molecule has 1 aliphatic rings. The van der Waals surface area contributed by atoms with Crippen LogP contribution in [-0.4, -0.2) is 51.2 Å². The lowest BCUT2D eigenvalue weighted by Crippen LogP contribution is -2.34. The van der Waals surface area contributed by atoms with Crippen LogP contribution in [0.4, 0.5) is 5.69 Å². The van der Waals surface area contributed by atoms with Gasteiger partial charge in [-0.25, -0.2) is 0 Å². The molecule has 3 aromatic rings. The smallest absolute Gasteiger partial charge is 0.227 e. The van der Waals surface area contributed by atoms with Crippen LogP contribution in [0, 0.1) is 5.92 Å². The zero-order valence-corrected chi connectivity index (χ0v) is 18.4. The highest BCUT2D eigenvalue weighted by Gasteiger charge is 2.36. The first-order valence-corrected chi connectivity index (χ1v) is 10.5. The van der Waals surface area contributed by atoms with Gasteiger partial charge >= 0.3 is 0 Å². The molecule has 168 valence electrons. The Morgan fingerprint density at radius 3 is 2.59 bits per heavy atom. The molecule has 1 aliphatic heterocycles. The standard InChI is InChI=1S/C24H27N3O5/c1-30-17-4-6-20-19(11-17)15(13-26-20)8-9-25-24(29)16-10-23(28)27(14-16)21-7-5-18(31-2)12-22(21)32-3/h4-7,11-13,16,26H,8-10,14H2,1-3H3,(H,25,29)/t16-/m1/s1. The predicted molar refractivity (Wildman–Crippen MR) is 122 cm³/mol. The summed E-state index contributed by atoms with van der Waals surface area (Å²) in [7, 11) is 4.76. The topological polar surface area (TPSA) is 92.9 Å². The molecule has 32 heavy (non-hydrogen) atoms. The molecule has 1 atom stereocenters. The summed E-state index contributed by atoms with van der Waals surface area (Å²) in [5, 5.41) is 4.06. The van der Waals surface area contributed by atoms with Crippen LogP contribution >= 0.6 is 0 Å². The second-order valence-corrected chi connectivity index (χ2v) is 7.71. The van der Waals surface area contributed by atoms with Crippen LogP contribution in [0.15, 0.2) is 42.6 Å². The van der Waals surface area contributed by atoms with E-state index in [2.05, 4.69) is 10.3 Å². The molecule has 0 saturated carbocycles. The number of carbonyl (C=O) groups is 2. The minimum atomic E-state index is -0.405. The molecule has 1 aromatic heterocycles. The van der Waals surface area contributed by atoms with Gasteiger partial charge in [0.25, 0.3) is 0 Å². The summed E-state index contributed by atoms with van der Waals surface area (Å²) in [5.74, 6) is 1.34. The van der Waals surface area contributed by atoms with Crippen molar-refractivity contribution in [3.63, 3.8) is 0 Å². The highest BCUT2D eigenvalue weighted by atomic mass is 16.5. The average molecular weight is 437 g/mol. The second kappa shape index (κ2) is 9.21. The van der Waals surface area contributed by atoms with E-state index in [-0.39, 0.29) is 18.2 Å². The van der Waals surface area contributed by atoms with Crippen LogP contribution in [0.2, 0.25) is 0 Å². The van der Waals surface area contributed by atoms with Crippen LogP contribution in [0.5, 0.6) is 17.2 Å². The highest BCUT2D eigenvalue weighted by Crippen LogP contribution is 2.35. The monoisotopic (exact) mass is 437 g/mol. The molecule has 1 fully saturated rings. The fourth-order valence-electron chi connectivity index (χ4n) is 4.08. The summed E-state index contributed by atoms with van der Waals surface area (Å²) in [6.07, 6.45) is 2.80. The molecule has 8 nitrogen and oxygen atoms in total. The fraction of sp³-hybridized carbons (Fsp3) is 0.333. The molecule has 2 amide bonds. The number of amides is 2. The molecule has 0 aliphatic carbocycles. The van der Waals surface area contributed by atoms with Gasteiger partial charge in [-0.05, 0) is 42.3 Å². The van der Waals surface area contributed by atoms with E-state index in [1.807, 2.05) is 24.4 Å². The van der Waals surface area contributed by atoms with Crippen molar-refractivity contribution < 1.29 is 23.8 Å². The van der Waals surface area contributed by atoms with Gasteiger partial charge in [-0.15, -0.1) is 0 Å². The molecular weight excluding hydrogens is 410 g/mol. The third-order valence-corrected chi connectivity index (χ3v) is 5.84. The zero-order chi connectivity index (χ0) is 22.7. The van der Waals surface area contributed by atoms with E-state index < -0.39 is 5.92 Å². The Balaban J connectivity index is 1.37. The number of aromatic nitrogens is 1. The summed E-state index contributed by atoms with van der Waals surface area (Å²) in [6.45, 7) is 0.803. The molecule has 0 spiro atoms. The van der Waals surface area contributed by atoms with Crippen molar-refractivity contribution in [1.82, 2.24) is 10.3 Å². The maximum absolute atomic E-state index is 12.7. The van der Waals surface area contributed by atoms with E-state index in [9.17, 15) is 9.59 Å². The average Bonchev–Trinajstić information content (AvgIpc) is 3.41. The highest BCUT2D eigenvalue weighted by molar-refractivity contribution is 6.01. The third-order valence-electron chi connectivity index (χ3n) is 5.84. The number of hydrogen-bond donors (Lipinski definition) is 2. The van der Waals surface area contributed by atoms with Gasteiger partial charge < -0.3 is 29.4 Å². The summed E-state index contributed by atoms with van der Waals surface area (Å²) in [4.78, 5) is 30.2. The van der Waals surface area contributed by atoms with E-state index in [4.69, 9.17) is 14.2 Å². The first-order valence-electron chi connectivity index (χ1n) is 10.5. The number of ether oxygens (including phenoxy) is 3. The van der Waals surface area contributed by atoms with E-state index in [1.54, 1.807) is 44.4 Å². The number of benzene rings is 2. The summed E-state index contributed by atoms with van der Waals surface area (Å²) < 4.78 is 15.9. The Kier molecular flexibility index (Phi) is 6.20. The molecule has 4 rings (SSSR count). The Hall–Kier alpha value is -3.68. The van der Waals surface area contributed by atoms with Gasteiger partial charge in [0, 0.05) is 42.7 Å². The number of nitrogens with one attached hydrogen (secondary N) is 2. The van der Waals surface area contributed by atoms with Crippen LogP contribution in [0.3, 0.4) is 0 Å². The minimum Gasteiger partial charge on any atom is -0.497 e. The number of methoxy groups -OCH3 is 3. The normalized spacial score (nSPS) is 15.8. The van der Waals surface area contributed by atoms with E-state index in [1.165, 1.54) is 0 Å². The maximum atomic E-state index is 12.7. The van der Waals surface area contributed by atoms with Crippen molar-refractivity contribution in [2.24, 2.45) is 5.92 Å². The molecule has 0 bridgehead atoms. The van der Waals surface area contributed by atoms with Gasteiger partial charge in [0.15, 0.2) is 0 Å². The predicted octanol–water partition coefficient (Wildman–Crippen LogP) is 2.91. The first kappa shape index (κ1) is 21.5. The molecule has 0 radical (unpaired) electrons. The SMILES string of the molecule is COc1ccc(N2C[C@H](C(=O)NCCc3c[nH]c4ccc(OC)cc34)CC2=O)c(OC)c1. The van der Waals surface area contributed by atoms with Crippen molar-refractivity contribution in [2.45, 2.75) is 12.8 Å². The molecule has 2 aromatic carbocycles. The summed E-state index contributed by atoms with van der Waals surface area (Å²) >= 11 is 0. The van der Waals surface area contributed by atoms with E-state index in [0.29, 0.717) is 36.7 Å². The lowest BCUT2D eigenvalue weighted by atomic mass is 10.1. The fourth-order valence-corrected chi connectivity index (χ4v) is 4.08.